The van der Waals surface area contributed by atoms with Gasteiger partial charge in [0.05, 0.1) is 39.2 Å². The van der Waals surface area contributed by atoms with E-state index in [1.54, 1.807) is 6.20 Å². The van der Waals surface area contributed by atoms with E-state index in [1.807, 2.05) is 0 Å². The van der Waals surface area contributed by atoms with Crippen LogP contribution in [-0.4, -0.2) is 56.7 Å². The second kappa shape index (κ2) is 6.46. The predicted molar refractivity (Wildman–Crippen MR) is 50.0 cm³/mol. The van der Waals surface area contributed by atoms with Crippen LogP contribution in [0.1, 0.15) is 11.8 Å². The van der Waals surface area contributed by atoms with Crippen LogP contribution in [0, 0.1) is 0 Å². The molecule has 1 unspecified atom stereocenters. The average molecular weight is 217 g/mol. The largest absolute Gasteiger partial charge is 0.394 e. The summed E-state index contributed by atoms with van der Waals surface area (Å²) in [5, 5.41) is 33.8. The molecule has 1 aromatic rings. The first-order chi connectivity index (χ1) is 7.27. The molecule has 0 amide bonds. The number of ether oxygens (including phenoxy) is 1. The molecule has 0 bridgehead atoms. The van der Waals surface area contributed by atoms with Gasteiger partial charge in [-0.3, -0.25) is 0 Å². The maximum absolute atomic E-state index is 9.22. The van der Waals surface area contributed by atoms with Crippen LogP contribution in [0.25, 0.3) is 0 Å². The number of hydrogen-bond acceptors (Lipinski definition) is 6. The zero-order chi connectivity index (χ0) is 11.1. The van der Waals surface area contributed by atoms with Crippen LogP contribution in [-0.2, 0) is 11.3 Å². The fourth-order valence-corrected chi connectivity index (χ4v) is 0.994. The summed E-state index contributed by atoms with van der Waals surface area (Å²) in [7, 11) is 0. The first-order valence-corrected chi connectivity index (χ1v) is 4.65. The third-order valence-electron chi connectivity index (χ3n) is 1.77. The summed E-state index contributed by atoms with van der Waals surface area (Å²) in [5.74, 6) is 0. The Balaban J connectivity index is 2.33. The molecular formula is C8H15N3O4. The van der Waals surface area contributed by atoms with Crippen LogP contribution >= 0.6 is 0 Å². The van der Waals surface area contributed by atoms with Gasteiger partial charge in [0.1, 0.15) is 11.8 Å². The number of aromatic nitrogens is 3. The molecule has 0 saturated heterocycles. The summed E-state index contributed by atoms with van der Waals surface area (Å²) < 4.78 is 6.54. The normalized spacial score (nSPS) is 13.0. The van der Waals surface area contributed by atoms with Crippen molar-refractivity contribution in [1.82, 2.24) is 15.0 Å². The van der Waals surface area contributed by atoms with Gasteiger partial charge in [0.25, 0.3) is 0 Å². The van der Waals surface area contributed by atoms with Crippen molar-refractivity contribution in [3.63, 3.8) is 0 Å². The Hall–Kier alpha value is -1.02. The first-order valence-electron chi connectivity index (χ1n) is 4.65. The molecule has 0 saturated carbocycles. The molecular weight excluding hydrogens is 202 g/mol. The molecule has 7 heteroatoms. The number of aliphatic hydroxyl groups is 3. The second-order valence-electron chi connectivity index (χ2n) is 2.94. The third kappa shape index (κ3) is 3.92. The van der Waals surface area contributed by atoms with E-state index in [1.165, 1.54) is 4.68 Å². The van der Waals surface area contributed by atoms with Gasteiger partial charge in [-0.15, -0.1) is 5.10 Å². The van der Waals surface area contributed by atoms with Gasteiger partial charge in [0.15, 0.2) is 0 Å². The summed E-state index contributed by atoms with van der Waals surface area (Å²) in [4.78, 5) is 0. The van der Waals surface area contributed by atoms with Gasteiger partial charge in [-0.1, -0.05) is 5.21 Å². The Morgan fingerprint density at radius 2 is 2.20 bits per heavy atom. The molecule has 0 spiro atoms. The molecule has 0 aromatic carbocycles. The zero-order valence-electron chi connectivity index (χ0n) is 8.28. The highest BCUT2D eigenvalue weighted by Crippen LogP contribution is 2.06. The van der Waals surface area contributed by atoms with Crippen molar-refractivity contribution >= 4 is 0 Å². The van der Waals surface area contributed by atoms with E-state index in [0.29, 0.717) is 25.5 Å². The van der Waals surface area contributed by atoms with E-state index in [4.69, 9.17) is 14.9 Å². The maximum atomic E-state index is 9.22. The summed E-state index contributed by atoms with van der Waals surface area (Å²) in [5.41, 5.74) is 0.333. The van der Waals surface area contributed by atoms with E-state index in [2.05, 4.69) is 10.3 Å². The van der Waals surface area contributed by atoms with E-state index < -0.39 is 6.10 Å². The highest BCUT2D eigenvalue weighted by molar-refractivity contribution is 4.96. The minimum Gasteiger partial charge on any atom is -0.394 e. The molecule has 1 atom stereocenters. The Kier molecular flexibility index (Phi) is 5.19. The molecule has 0 fully saturated rings. The summed E-state index contributed by atoms with van der Waals surface area (Å²) >= 11 is 0. The Bertz CT molecular complexity index is 279. The number of nitrogens with zero attached hydrogens (tertiary/aromatic N) is 3. The van der Waals surface area contributed by atoms with Gasteiger partial charge in [0.2, 0.25) is 0 Å². The van der Waals surface area contributed by atoms with Gasteiger partial charge in [0, 0.05) is 0 Å². The van der Waals surface area contributed by atoms with E-state index in [0.717, 1.165) is 0 Å². The van der Waals surface area contributed by atoms with E-state index in [9.17, 15) is 5.11 Å². The summed E-state index contributed by atoms with van der Waals surface area (Å²) in [6.07, 6.45) is 0.556. The minimum atomic E-state index is -0.989. The summed E-state index contributed by atoms with van der Waals surface area (Å²) in [6.45, 7) is 0.816. The molecule has 0 aliphatic rings. The highest BCUT2D eigenvalue weighted by atomic mass is 16.5. The lowest BCUT2D eigenvalue weighted by molar-refractivity contribution is 0.0849. The second-order valence-corrected chi connectivity index (χ2v) is 2.94. The molecule has 15 heavy (non-hydrogen) atoms. The molecule has 0 aliphatic carbocycles. The predicted octanol–water partition coefficient (Wildman–Crippen LogP) is -1.69. The molecule has 1 rings (SSSR count). The molecule has 0 radical (unpaired) electrons. The van der Waals surface area contributed by atoms with Crippen LogP contribution in [0.3, 0.4) is 0 Å². The topological polar surface area (TPSA) is 101 Å². The monoisotopic (exact) mass is 217 g/mol. The number of hydrogen-bond donors (Lipinski definition) is 3. The molecule has 1 heterocycles. The third-order valence-corrected chi connectivity index (χ3v) is 1.77. The lowest BCUT2D eigenvalue weighted by atomic mass is 10.3. The average Bonchev–Trinajstić information content (AvgIpc) is 2.72. The molecule has 0 aliphatic heterocycles. The molecule has 1 aromatic heterocycles. The van der Waals surface area contributed by atoms with Crippen LogP contribution in [0.15, 0.2) is 6.20 Å². The van der Waals surface area contributed by atoms with E-state index >= 15 is 0 Å². The van der Waals surface area contributed by atoms with Gasteiger partial charge in [-0.05, 0) is 0 Å². The maximum Gasteiger partial charge on any atom is 0.122 e. The minimum absolute atomic E-state index is 0.00810. The van der Waals surface area contributed by atoms with Crippen molar-refractivity contribution in [3.05, 3.63) is 11.9 Å². The van der Waals surface area contributed by atoms with Gasteiger partial charge < -0.3 is 20.1 Å². The molecule has 86 valence electrons. The van der Waals surface area contributed by atoms with Crippen molar-refractivity contribution in [3.8, 4) is 0 Å². The Labute approximate surface area is 86.9 Å². The lowest BCUT2D eigenvalue weighted by Crippen LogP contribution is -2.09. The SMILES string of the molecule is OCCOCCn1cc(C(O)CO)nn1. The first kappa shape index (κ1) is 12.1. The van der Waals surface area contributed by atoms with Crippen LogP contribution in [0.2, 0.25) is 0 Å². The zero-order valence-corrected chi connectivity index (χ0v) is 8.28. The lowest BCUT2D eigenvalue weighted by Gasteiger charge is -2.01. The van der Waals surface area contributed by atoms with Crippen LogP contribution in [0.5, 0.6) is 0 Å². The molecule has 3 N–H and O–H groups in total. The quantitative estimate of drug-likeness (QED) is 0.471. The number of aliphatic hydroxyl groups excluding tert-OH is 3. The number of rotatable bonds is 7. The summed E-state index contributed by atoms with van der Waals surface area (Å²) in [6, 6.07) is 0. The smallest absolute Gasteiger partial charge is 0.122 e. The van der Waals surface area contributed by atoms with Crippen molar-refractivity contribution < 1.29 is 20.1 Å². The highest BCUT2D eigenvalue weighted by Gasteiger charge is 2.09. The van der Waals surface area contributed by atoms with Crippen molar-refractivity contribution in [1.29, 1.82) is 0 Å². The fraction of sp³-hybridized carbons (Fsp3) is 0.750. The van der Waals surface area contributed by atoms with Crippen molar-refractivity contribution in [2.24, 2.45) is 0 Å². The standard InChI is InChI=1S/C8H15N3O4/c12-2-4-15-3-1-11-5-7(9-10-11)8(14)6-13/h5,8,12-14H,1-4,6H2. The van der Waals surface area contributed by atoms with E-state index in [-0.39, 0.29) is 13.2 Å². The van der Waals surface area contributed by atoms with Crippen molar-refractivity contribution in [2.45, 2.75) is 12.6 Å². The van der Waals surface area contributed by atoms with Gasteiger partial charge in [-0.25, -0.2) is 4.68 Å². The van der Waals surface area contributed by atoms with Gasteiger partial charge >= 0.3 is 0 Å². The fourth-order valence-electron chi connectivity index (χ4n) is 0.994. The Morgan fingerprint density at radius 3 is 2.87 bits per heavy atom. The molecule has 7 nitrogen and oxygen atoms in total. The van der Waals surface area contributed by atoms with Gasteiger partial charge in [-0.2, -0.15) is 0 Å². The van der Waals surface area contributed by atoms with Crippen LogP contribution < -0.4 is 0 Å². The van der Waals surface area contributed by atoms with Crippen molar-refractivity contribution in [2.75, 3.05) is 26.4 Å². The van der Waals surface area contributed by atoms with Crippen LogP contribution in [0.4, 0.5) is 0 Å². The Morgan fingerprint density at radius 1 is 1.40 bits per heavy atom.